The van der Waals surface area contributed by atoms with E-state index in [0.29, 0.717) is 6.42 Å². The van der Waals surface area contributed by atoms with Crippen molar-refractivity contribution in [2.24, 2.45) is 0 Å². The molecule has 0 aromatic carbocycles. The molecule has 0 atom stereocenters. The van der Waals surface area contributed by atoms with Crippen LogP contribution in [0.4, 0.5) is 0 Å². The minimum atomic E-state index is -2.78. The molecule has 0 heterocycles. The van der Waals surface area contributed by atoms with Gasteiger partial charge in [-0.05, 0) is 6.42 Å². The summed E-state index contributed by atoms with van der Waals surface area (Å²) < 4.78 is 0. The van der Waals surface area contributed by atoms with Crippen molar-refractivity contribution in [1.82, 2.24) is 0 Å². The number of hydrogen-bond acceptors (Lipinski definition) is 4. The van der Waals surface area contributed by atoms with Crippen LogP contribution in [-0.4, -0.2) is 27.6 Å². The van der Waals surface area contributed by atoms with Gasteiger partial charge in [-0.2, -0.15) is 0 Å². The molecule has 0 aliphatic heterocycles. The van der Waals surface area contributed by atoms with Crippen LogP contribution in [0.5, 0.6) is 0 Å². The summed E-state index contributed by atoms with van der Waals surface area (Å²) in [6.07, 6.45) is 12.9. The number of Topliss-reactive ketones (excluding diaryl/α,β-unsaturated/α-hetero) is 2. The zero-order valence-corrected chi connectivity index (χ0v) is 13.7. The molecule has 2 N–H and O–H groups in total. The number of rotatable bonds is 14. The molecule has 124 valence electrons. The smallest absolute Gasteiger partial charge is 0.285 e. The molecular weight excluding hydrogens is 268 g/mol. The van der Waals surface area contributed by atoms with Crippen LogP contribution in [0.1, 0.15) is 90.9 Å². The molecule has 0 radical (unpaired) electrons. The highest BCUT2D eigenvalue weighted by atomic mass is 16.5. The van der Waals surface area contributed by atoms with Crippen LogP contribution in [0.3, 0.4) is 0 Å². The van der Waals surface area contributed by atoms with Crippen LogP contribution < -0.4 is 0 Å². The predicted octanol–water partition coefficient (Wildman–Crippen LogP) is 3.53. The van der Waals surface area contributed by atoms with E-state index >= 15 is 0 Å². The number of hydrogen-bond donors (Lipinski definition) is 2. The lowest BCUT2D eigenvalue weighted by atomic mass is 10.0. The second kappa shape index (κ2) is 11.9. The third-order valence-corrected chi connectivity index (χ3v) is 3.89. The molecule has 0 aliphatic rings. The van der Waals surface area contributed by atoms with Crippen LogP contribution in [0.2, 0.25) is 0 Å². The van der Waals surface area contributed by atoms with Crippen LogP contribution in [-0.2, 0) is 9.59 Å². The predicted molar refractivity (Wildman–Crippen MR) is 83.9 cm³/mol. The molecule has 0 saturated carbocycles. The third kappa shape index (κ3) is 9.75. The highest BCUT2D eigenvalue weighted by Crippen LogP contribution is 2.14. The third-order valence-electron chi connectivity index (χ3n) is 3.89. The highest BCUT2D eigenvalue weighted by Gasteiger charge is 2.37. The van der Waals surface area contributed by atoms with Crippen molar-refractivity contribution in [3.8, 4) is 0 Å². The molecule has 0 rings (SSSR count). The molecule has 0 unspecified atom stereocenters. The van der Waals surface area contributed by atoms with Gasteiger partial charge in [-0.15, -0.1) is 0 Å². The Labute approximate surface area is 128 Å². The van der Waals surface area contributed by atoms with E-state index < -0.39 is 17.4 Å². The van der Waals surface area contributed by atoms with E-state index in [2.05, 4.69) is 6.92 Å². The molecule has 0 aliphatic carbocycles. The molecule has 0 spiro atoms. The Morgan fingerprint density at radius 3 is 1.52 bits per heavy atom. The van der Waals surface area contributed by atoms with Gasteiger partial charge in [-0.1, -0.05) is 71.1 Å². The van der Waals surface area contributed by atoms with Crippen LogP contribution in [0.15, 0.2) is 0 Å². The molecule has 0 bridgehead atoms. The Morgan fingerprint density at radius 1 is 0.762 bits per heavy atom. The summed E-state index contributed by atoms with van der Waals surface area (Å²) in [5, 5.41) is 18.6. The van der Waals surface area contributed by atoms with Gasteiger partial charge in [0.1, 0.15) is 0 Å². The highest BCUT2D eigenvalue weighted by molar-refractivity contribution is 6.07. The van der Waals surface area contributed by atoms with Crippen LogP contribution in [0.25, 0.3) is 0 Å². The SMILES string of the molecule is CCCCCCCCCCCCCC(=O)C(O)(O)C(C)=O. The first-order valence-electron chi connectivity index (χ1n) is 8.42. The molecule has 4 nitrogen and oxygen atoms in total. The minimum absolute atomic E-state index is 0.0591. The van der Waals surface area contributed by atoms with Gasteiger partial charge in [0.15, 0.2) is 11.6 Å². The number of carbonyl (C=O) groups excluding carboxylic acids is 2. The van der Waals surface area contributed by atoms with Crippen molar-refractivity contribution in [3.05, 3.63) is 0 Å². The second-order valence-electron chi connectivity index (χ2n) is 5.94. The van der Waals surface area contributed by atoms with Gasteiger partial charge in [0, 0.05) is 13.3 Å². The maximum absolute atomic E-state index is 11.4. The Bertz CT molecular complexity index is 297. The van der Waals surface area contributed by atoms with Crippen molar-refractivity contribution in [3.63, 3.8) is 0 Å². The average molecular weight is 300 g/mol. The van der Waals surface area contributed by atoms with Gasteiger partial charge >= 0.3 is 0 Å². The topological polar surface area (TPSA) is 74.6 Å². The number of carbonyl (C=O) groups is 2. The average Bonchev–Trinajstić information content (AvgIpc) is 2.44. The lowest BCUT2D eigenvalue weighted by Gasteiger charge is -2.16. The van der Waals surface area contributed by atoms with Crippen LogP contribution in [0, 0.1) is 0 Å². The van der Waals surface area contributed by atoms with E-state index in [1.807, 2.05) is 0 Å². The first-order valence-corrected chi connectivity index (χ1v) is 8.42. The summed E-state index contributed by atoms with van der Waals surface area (Å²) in [6.45, 7) is 3.23. The lowest BCUT2D eigenvalue weighted by Crippen LogP contribution is -2.45. The zero-order valence-electron chi connectivity index (χ0n) is 13.7. The molecule has 0 saturated heterocycles. The molecule has 0 aromatic rings. The Hall–Kier alpha value is -0.740. The molecule has 0 fully saturated rings. The summed E-state index contributed by atoms with van der Waals surface area (Å²) in [4.78, 5) is 22.3. The second-order valence-corrected chi connectivity index (χ2v) is 5.94. The fourth-order valence-corrected chi connectivity index (χ4v) is 2.32. The summed E-state index contributed by atoms with van der Waals surface area (Å²) in [5.74, 6) is -4.47. The van der Waals surface area contributed by atoms with E-state index in [4.69, 9.17) is 0 Å². The van der Waals surface area contributed by atoms with Crippen molar-refractivity contribution in [2.45, 2.75) is 96.7 Å². The van der Waals surface area contributed by atoms with Crippen molar-refractivity contribution < 1.29 is 19.8 Å². The van der Waals surface area contributed by atoms with E-state index in [1.54, 1.807) is 0 Å². The molecule has 0 aromatic heterocycles. The van der Waals surface area contributed by atoms with Gasteiger partial charge in [-0.3, -0.25) is 9.59 Å². The first kappa shape index (κ1) is 20.3. The van der Waals surface area contributed by atoms with Crippen LogP contribution >= 0.6 is 0 Å². The standard InChI is InChI=1S/C17H32O4/c1-3-4-5-6-7-8-9-10-11-12-13-14-16(19)17(20,21)15(2)18/h20-21H,3-14H2,1-2H3. The van der Waals surface area contributed by atoms with Gasteiger partial charge in [0.25, 0.3) is 5.79 Å². The Morgan fingerprint density at radius 2 is 1.14 bits per heavy atom. The number of ketones is 2. The summed E-state index contributed by atoms with van der Waals surface area (Å²) in [5.41, 5.74) is 0. The van der Waals surface area contributed by atoms with Gasteiger partial charge in [0.2, 0.25) is 0 Å². The fourth-order valence-electron chi connectivity index (χ4n) is 2.32. The van der Waals surface area contributed by atoms with E-state index in [-0.39, 0.29) is 6.42 Å². The number of unbranched alkanes of at least 4 members (excludes halogenated alkanes) is 10. The largest absolute Gasteiger partial charge is 0.354 e. The summed E-state index contributed by atoms with van der Waals surface area (Å²) in [6, 6.07) is 0. The quantitative estimate of drug-likeness (QED) is 0.292. The molecular formula is C17H32O4. The lowest BCUT2D eigenvalue weighted by molar-refractivity contribution is -0.187. The number of aliphatic hydroxyl groups is 2. The van der Waals surface area contributed by atoms with E-state index in [1.165, 1.54) is 44.9 Å². The fraction of sp³-hybridized carbons (Fsp3) is 0.882. The first-order chi connectivity index (χ1) is 9.92. The summed E-state index contributed by atoms with van der Waals surface area (Å²) in [7, 11) is 0. The maximum atomic E-state index is 11.4. The van der Waals surface area contributed by atoms with E-state index in [0.717, 1.165) is 26.2 Å². The molecule has 21 heavy (non-hydrogen) atoms. The Kier molecular flexibility index (Phi) is 11.5. The zero-order chi connectivity index (χ0) is 16.1. The van der Waals surface area contributed by atoms with E-state index in [9.17, 15) is 19.8 Å². The van der Waals surface area contributed by atoms with Crippen molar-refractivity contribution in [2.75, 3.05) is 0 Å². The van der Waals surface area contributed by atoms with Gasteiger partial charge in [0.05, 0.1) is 0 Å². The Balaban J connectivity index is 3.41. The molecule has 4 heteroatoms. The van der Waals surface area contributed by atoms with Crippen molar-refractivity contribution in [1.29, 1.82) is 0 Å². The summed E-state index contributed by atoms with van der Waals surface area (Å²) >= 11 is 0. The maximum Gasteiger partial charge on any atom is 0.285 e. The van der Waals surface area contributed by atoms with Gasteiger partial charge in [-0.25, -0.2) is 0 Å². The van der Waals surface area contributed by atoms with Crippen molar-refractivity contribution >= 4 is 11.6 Å². The normalized spacial score (nSPS) is 11.6. The molecule has 0 amide bonds. The minimum Gasteiger partial charge on any atom is -0.354 e. The monoisotopic (exact) mass is 300 g/mol. The van der Waals surface area contributed by atoms with Gasteiger partial charge < -0.3 is 10.2 Å².